The first kappa shape index (κ1) is 12.7. The van der Waals surface area contributed by atoms with Crippen molar-refractivity contribution in [2.24, 2.45) is 0 Å². The van der Waals surface area contributed by atoms with Crippen LogP contribution >= 0.6 is 0 Å². The van der Waals surface area contributed by atoms with Crippen LogP contribution in [0.5, 0.6) is 0 Å². The van der Waals surface area contributed by atoms with Crippen LogP contribution in [0.25, 0.3) is 16.7 Å². The van der Waals surface area contributed by atoms with Crippen molar-refractivity contribution in [2.45, 2.75) is 20.8 Å². The molecular weight excluding hydrogens is 248 g/mol. The van der Waals surface area contributed by atoms with Gasteiger partial charge in [0, 0.05) is 6.08 Å². The van der Waals surface area contributed by atoms with E-state index in [1.807, 2.05) is 19.1 Å². The lowest BCUT2D eigenvalue weighted by atomic mass is 9.96. The third-order valence-electron chi connectivity index (χ3n) is 3.85. The van der Waals surface area contributed by atoms with Gasteiger partial charge in [-0.2, -0.15) is 0 Å². The lowest BCUT2D eigenvalue weighted by Gasteiger charge is -2.08. The third kappa shape index (κ3) is 1.76. The summed E-state index contributed by atoms with van der Waals surface area (Å²) < 4.78 is 0. The number of aliphatic carboxylic acids is 1. The molecule has 1 aliphatic carbocycles. The number of rotatable bonds is 1. The quantitative estimate of drug-likeness (QED) is 0.672. The fraction of sp³-hybridized carbons (Fsp3) is 0.167. The minimum absolute atomic E-state index is 0.823. The molecule has 2 heteroatoms. The molecule has 0 atom stereocenters. The summed E-state index contributed by atoms with van der Waals surface area (Å²) in [6, 6.07) is 10.3. The van der Waals surface area contributed by atoms with Gasteiger partial charge in [-0.15, -0.1) is 0 Å². The molecule has 2 nitrogen and oxygen atoms in total. The Kier molecular flexibility index (Phi) is 2.75. The molecule has 0 aliphatic heterocycles. The van der Waals surface area contributed by atoms with Crippen LogP contribution < -0.4 is 0 Å². The maximum atomic E-state index is 11.2. The van der Waals surface area contributed by atoms with Crippen molar-refractivity contribution in [2.75, 3.05) is 0 Å². The Morgan fingerprint density at radius 1 is 1.00 bits per heavy atom. The van der Waals surface area contributed by atoms with Gasteiger partial charge in [0.05, 0.1) is 0 Å². The molecule has 0 heterocycles. The highest BCUT2D eigenvalue weighted by Gasteiger charge is 2.27. The van der Waals surface area contributed by atoms with E-state index in [1.54, 1.807) is 0 Å². The molecule has 2 aromatic rings. The van der Waals surface area contributed by atoms with E-state index in [-0.39, 0.29) is 0 Å². The van der Waals surface area contributed by atoms with Gasteiger partial charge in [-0.1, -0.05) is 35.9 Å². The van der Waals surface area contributed by atoms with Crippen LogP contribution in [0.3, 0.4) is 0 Å². The number of hydrogen-bond donors (Lipinski definition) is 1. The van der Waals surface area contributed by atoms with Gasteiger partial charge in [-0.25, -0.2) is 4.79 Å². The maximum absolute atomic E-state index is 11.2. The highest BCUT2D eigenvalue weighted by Crippen LogP contribution is 2.47. The summed E-state index contributed by atoms with van der Waals surface area (Å²) in [6.45, 7) is 6.19. The summed E-state index contributed by atoms with van der Waals surface area (Å²) in [7, 11) is 0. The Labute approximate surface area is 118 Å². The summed E-state index contributed by atoms with van der Waals surface area (Å²) in [6.07, 6.45) is 1.33. The molecule has 1 N–H and O–H groups in total. The zero-order valence-corrected chi connectivity index (χ0v) is 11.8. The molecule has 0 radical (unpaired) electrons. The second kappa shape index (κ2) is 4.34. The van der Waals surface area contributed by atoms with Gasteiger partial charge in [-0.3, -0.25) is 0 Å². The van der Waals surface area contributed by atoms with Gasteiger partial charge in [-0.05, 0) is 59.7 Å². The Morgan fingerprint density at radius 3 is 2.45 bits per heavy atom. The van der Waals surface area contributed by atoms with Gasteiger partial charge in [0.25, 0.3) is 0 Å². The predicted molar refractivity (Wildman–Crippen MR) is 80.8 cm³/mol. The van der Waals surface area contributed by atoms with Crippen LogP contribution in [0.15, 0.2) is 36.4 Å². The highest BCUT2D eigenvalue weighted by atomic mass is 16.4. The Morgan fingerprint density at radius 2 is 1.75 bits per heavy atom. The van der Waals surface area contributed by atoms with Crippen LogP contribution in [-0.2, 0) is 4.79 Å². The van der Waals surface area contributed by atoms with Gasteiger partial charge in [0.15, 0.2) is 0 Å². The Bertz CT molecular complexity index is 767. The molecule has 0 spiro atoms. The topological polar surface area (TPSA) is 37.3 Å². The Balaban J connectivity index is 2.45. The molecule has 0 saturated carbocycles. The van der Waals surface area contributed by atoms with Crippen molar-refractivity contribution in [3.63, 3.8) is 0 Å². The number of carboxylic acid groups (broad SMARTS) is 1. The molecule has 0 aromatic heterocycles. The SMILES string of the molecule is Cc1cc(C)c2c(c1)-c1c(C)cccc1/C2=C/C(=O)O. The minimum atomic E-state index is -0.903. The monoisotopic (exact) mass is 264 g/mol. The van der Waals surface area contributed by atoms with Gasteiger partial charge in [0.2, 0.25) is 0 Å². The van der Waals surface area contributed by atoms with E-state index >= 15 is 0 Å². The fourth-order valence-corrected chi connectivity index (χ4v) is 3.18. The van der Waals surface area contributed by atoms with E-state index in [0.29, 0.717) is 0 Å². The van der Waals surface area contributed by atoms with E-state index in [2.05, 4.69) is 32.0 Å². The Hall–Kier alpha value is -2.35. The molecule has 100 valence electrons. The number of aryl methyl sites for hydroxylation is 3. The zero-order chi connectivity index (χ0) is 14.4. The zero-order valence-electron chi connectivity index (χ0n) is 11.8. The molecule has 0 amide bonds. The third-order valence-corrected chi connectivity index (χ3v) is 3.85. The molecule has 0 bridgehead atoms. The fourth-order valence-electron chi connectivity index (χ4n) is 3.18. The van der Waals surface area contributed by atoms with Crippen LogP contribution in [0.4, 0.5) is 0 Å². The molecule has 3 rings (SSSR count). The summed E-state index contributed by atoms with van der Waals surface area (Å²) in [5.74, 6) is -0.903. The van der Waals surface area contributed by atoms with Crippen molar-refractivity contribution >= 4 is 11.5 Å². The summed E-state index contributed by atoms with van der Waals surface area (Å²) >= 11 is 0. The van der Waals surface area contributed by atoms with Gasteiger partial charge in [0.1, 0.15) is 0 Å². The number of carbonyl (C=O) groups is 1. The molecular formula is C18H16O2. The minimum Gasteiger partial charge on any atom is -0.478 e. The average Bonchev–Trinajstić information content (AvgIpc) is 2.64. The molecule has 0 fully saturated rings. The smallest absolute Gasteiger partial charge is 0.328 e. The summed E-state index contributed by atoms with van der Waals surface area (Å²) in [5.41, 5.74) is 8.74. The van der Waals surface area contributed by atoms with Crippen LogP contribution in [0, 0.1) is 20.8 Å². The van der Waals surface area contributed by atoms with Crippen molar-refractivity contribution in [1.29, 1.82) is 0 Å². The normalized spacial score (nSPS) is 14.2. The number of fused-ring (bicyclic) bond motifs is 3. The number of benzene rings is 2. The van der Waals surface area contributed by atoms with E-state index in [9.17, 15) is 4.79 Å². The van der Waals surface area contributed by atoms with E-state index in [4.69, 9.17) is 5.11 Å². The van der Waals surface area contributed by atoms with Gasteiger partial charge >= 0.3 is 5.97 Å². The lowest BCUT2D eigenvalue weighted by Crippen LogP contribution is -1.93. The second-order valence-electron chi connectivity index (χ2n) is 5.40. The van der Waals surface area contributed by atoms with Gasteiger partial charge < -0.3 is 5.11 Å². The second-order valence-corrected chi connectivity index (χ2v) is 5.40. The highest BCUT2D eigenvalue weighted by molar-refractivity contribution is 6.08. The van der Waals surface area contributed by atoms with E-state index in [1.165, 1.54) is 22.8 Å². The molecule has 20 heavy (non-hydrogen) atoms. The van der Waals surface area contributed by atoms with Crippen LogP contribution in [0.2, 0.25) is 0 Å². The molecule has 0 saturated heterocycles. The molecule has 1 aliphatic rings. The number of carboxylic acids is 1. The van der Waals surface area contributed by atoms with Crippen LogP contribution in [0.1, 0.15) is 27.8 Å². The van der Waals surface area contributed by atoms with E-state index in [0.717, 1.165) is 27.8 Å². The summed E-state index contributed by atoms with van der Waals surface area (Å²) in [5, 5.41) is 9.16. The first-order valence-corrected chi connectivity index (χ1v) is 6.65. The average molecular weight is 264 g/mol. The molecule has 2 aromatic carbocycles. The van der Waals surface area contributed by atoms with Crippen molar-refractivity contribution in [1.82, 2.24) is 0 Å². The van der Waals surface area contributed by atoms with Crippen molar-refractivity contribution in [3.8, 4) is 11.1 Å². The first-order valence-electron chi connectivity index (χ1n) is 6.65. The standard InChI is InChI=1S/C18H16O2/c1-10-7-12(3)18-14(9-16(19)20)13-6-4-5-11(2)17(13)15(18)8-10/h4-9H,1-3H3,(H,19,20)/b14-9-. The number of hydrogen-bond acceptors (Lipinski definition) is 1. The molecule has 0 unspecified atom stereocenters. The van der Waals surface area contributed by atoms with E-state index < -0.39 is 5.97 Å². The largest absolute Gasteiger partial charge is 0.478 e. The lowest BCUT2D eigenvalue weighted by molar-refractivity contribution is -0.131. The predicted octanol–water partition coefficient (Wildman–Crippen LogP) is 4.11. The van der Waals surface area contributed by atoms with Crippen molar-refractivity contribution < 1.29 is 9.90 Å². The summed E-state index contributed by atoms with van der Waals surface area (Å²) in [4.78, 5) is 11.2. The maximum Gasteiger partial charge on any atom is 0.328 e. The van der Waals surface area contributed by atoms with Crippen molar-refractivity contribution in [3.05, 3.63) is 64.2 Å². The first-order chi connectivity index (χ1) is 9.49. The van der Waals surface area contributed by atoms with Crippen LogP contribution in [-0.4, -0.2) is 11.1 Å².